The van der Waals surface area contributed by atoms with Crippen LogP contribution in [0.2, 0.25) is 0 Å². The lowest BCUT2D eigenvalue weighted by molar-refractivity contribution is 0.318. The van der Waals surface area contributed by atoms with Crippen molar-refractivity contribution in [1.82, 2.24) is 5.32 Å². The summed E-state index contributed by atoms with van der Waals surface area (Å²) in [5.41, 5.74) is 1.49. The van der Waals surface area contributed by atoms with Gasteiger partial charge in [0, 0.05) is 12.0 Å². The first-order chi connectivity index (χ1) is 9.10. The normalized spacial score (nSPS) is 16.3. The monoisotopic (exact) mass is 261 g/mol. The Bertz CT molecular complexity index is 331. The minimum absolute atomic E-state index is 0.583. The second-order valence-corrected chi connectivity index (χ2v) is 6.19. The van der Waals surface area contributed by atoms with Crippen LogP contribution in [-0.2, 0) is 0 Å². The van der Waals surface area contributed by atoms with Gasteiger partial charge in [-0.3, -0.25) is 0 Å². The highest BCUT2D eigenvalue weighted by molar-refractivity contribution is 5.22. The highest BCUT2D eigenvalue weighted by Crippen LogP contribution is 2.32. The van der Waals surface area contributed by atoms with Gasteiger partial charge in [-0.1, -0.05) is 64.4 Å². The zero-order chi connectivity index (χ0) is 14.3. The van der Waals surface area contributed by atoms with Crippen molar-refractivity contribution < 1.29 is 0 Å². The molecule has 0 saturated carbocycles. The molecule has 0 saturated heterocycles. The molecule has 1 aromatic carbocycles. The minimum Gasteiger partial charge on any atom is -0.316 e. The second-order valence-electron chi connectivity index (χ2n) is 6.19. The van der Waals surface area contributed by atoms with Crippen molar-refractivity contribution in [2.75, 3.05) is 7.05 Å². The van der Waals surface area contributed by atoms with E-state index in [0.29, 0.717) is 17.9 Å². The highest BCUT2D eigenvalue weighted by Gasteiger charge is 2.26. The maximum absolute atomic E-state index is 3.57. The molecule has 0 heterocycles. The van der Waals surface area contributed by atoms with Crippen LogP contribution < -0.4 is 5.32 Å². The fourth-order valence-electron chi connectivity index (χ4n) is 2.90. The zero-order valence-electron chi connectivity index (χ0n) is 13.3. The van der Waals surface area contributed by atoms with E-state index in [-0.39, 0.29) is 0 Å². The molecule has 3 atom stereocenters. The summed E-state index contributed by atoms with van der Waals surface area (Å²) < 4.78 is 0. The van der Waals surface area contributed by atoms with E-state index in [1.807, 2.05) is 0 Å². The molecule has 0 fully saturated rings. The summed E-state index contributed by atoms with van der Waals surface area (Å²) in [7, 11) is 2.11. The Hall–Kier alpha value is -0.820. The topological polar surface area (TPSA) is 12.0 Å². The van der Waals surface area contributed by atoms with Crippen LogP contribution in [0.1, 0.15) is 58.4 Å². The van der Waals surface area contributed by atoms with E-state index < -0.39 is 0 Å². The summed E-state index contributed by atoms with van der Waals surface area (Å²) in [6.07, 6.45) is 3.79. The first-order valence-corrected chi connectivity index (χ1v) is 7.82. The van der Waals surface area contributed by atoms with E-state index in [1.165, 1.54) is 24.8 Å². The molecule has 1 nitrogen and oxygen atoms in total. The second kappa shape index (κ2) is 8.37. The SMILES string of the molecule is CCC(C)C(c1ccccc1)C(CCC(C)C)NC. The third-order valence-corrected chi connectivity index (χ3v) is 4.30. The van der Waals surface area contributed by atoms with Gasteiger partial charge in [-0.15, -0.1) is 0 Å². The van der Waals surface area contributed by atoms with Gasteiger partial charge in [0.05, 0.1) is 0 Å². The Labute approximate surface area is 119 Å². The van der Waals surface area contributed by atoms with Crippen LogP contribution in [0.4, 0.5) is 0 Å². The van der Waals surface area contributed by atoms with E-state index in [0.717, 1.165) is 5.92 Å². The van der Waals surface area contributed by atoms with E-state index in [2.05, 4.69) is 70.4 Å². The van der Waals surface area contributed by atoms with Crippen LogP contribution in [-0.4, -0.2) is 13.1 Å². The Kier molecular flexibility index (Phi) is 7.15. The van der Waals surface area contributed by atoms with E-state index in [4.69, 9.17) is 0 Å². The van der Waals surface area contributed by atoms with Crippen LogP contribution in [0.15, 0.2) is 30.3 Å². The third-order valence-electron chi connectivity index (χ3n) is 4.30. The van der Waals surface area contributed by atoms with Gasteiger partial charge in [0.1, 0.15) is 0 Å². The van der Waals surface area contributed by atoms with Crippen LogP contribution in [0.25, 0.3) is 0 Å². The molecule has 108 valence electrons. The number of nitrogens with one attached hydrogen (secondary N) is 1. The molecular weight excluding hydrogens is 230 g/mol. The van der Waals surface area contributed by atoms with Crippen molar-refractivity contribution in [3.8, 4) is 0 Å². The summed E-state index contributed by atoms with van der Waals surface area (Å²) in [5.74, 6) is 2.12. The number of rotatable bonds is 8. The summed E-state index contributed by atoms with van der Waals surface area (Å²) >= 11 is 0. The molecular formula is C18H31N. The van der Waals surface area contributed by atoms with Crippen LogP contribution in [0, 0.1) is 11.8 Å². The maximum Gasteiger partial charge on any atom is 0.0135 e. The van der Waals surface area contributed by atoms with Crippen LogP contribution in [0.5, 0.6) is 0 Å². The molecule has 1 heteroatoms. The van der Waals surface area contributed by atoms with Crippen molar-refractivity contribution >= 4 is 0 Å². The first kappa shape index (κ1) is 16.2. The minimum atomic E-state index is 0.583. The Morgan fingerprint density at radius 3 is 2.11 bits per heavy atom. The van der Waals surface area contributed by atoms with Gasteiger partial charge >= 0.3 is 0 Å². The largest absolute Gasteiger partial charge is 0.316 e. The Balaban J connectivity index is 2.88. The zero-order valence-corrected chi connectivity index (χ0v) is 13.3. The predicted octanol–water partition coefficient (Wildman–Crippen LogP) is 4.84. The number of hydrogen-bond donors (Lipinski definition) is 1. The standard InChI is InChI=1S/C18H31N/c1-6-15(4)18(16-10-8-7-9-11-16)17(19-5)13-12-14(2)3/h7-11,14-15,17-19H,6,12-13H2,1-5H3. The van der Waals surface area contributed by atoms with Crippen LogP contribution >= 0.6 is 0 Å². The molecule has 0 aromatic heterocycles. The Morgan fingerprint density at radius 2 is 1.63 bits per heavy atom. The summed E-state index contributed by atoms with van der Waals surface area (Å²) in [6, 6.07) is 11.6. The predicted molar refractivity (Wildman–Crippen MR) is 85.6 cm³/mol. The molecule has 19 heavy (non-hydrogen) atoms. The number of benzene rings is 1. The van der Waals surface area contributed by atoms with Gasteiger partial charge in [-0.25, -0.2) is 0 Å². The van der Waals surface area contributed by atoms with E-state index >= 15 is 0 Å². The lowest BCUT2D eigenvalue weighted by atomic mass is 9.78. The lowest BCUT2D eigenvalue weighted by Crippen LogP contribution is -2.35. The summed E-state index contributed by atoms with van der Waals surface area (Å²) in [5, 5.41) is 3.57. The molecule has 0 spiro atoms. The molecule has 0 aliphatic carbocycles. The van der Waals surface area contributed by atoms with Gasteiger partial charge in [0.2, 0.25) is 0 Å². The quantitative estimate of drug-likeness (QED) is 0.706. The van der Waals surface area contributed by atoms with Gasteiger partial charge in [0.25, 0.3) is 0 Å². The van der Waals surface area contributed by atoms with Crippen molar-refractivity contribution in [3.63, 3.8) is 0 Å². The van der Waals surface area contributed by atoms with Crippen molar-refractivity contribution in [2.24, 2.45) is 11.8 Å². The van der Waals surface area contributed by atoms with E-state index in [9.17, 15) is 0 Å². The molecule has 0 amide bonds. The smallest absolute Gasteiger partial charge is 0.0135 e. The molecule has 0 radical (unpaired) electrons. The fraction of sp³-hybridized carbons (Fsp3) is 0.667. The van der Waals surface area contributed by atoms with Gasteiger partial charge < -0.3 is 5.32 Å². The molecule has 0 aliphatic heterocycles. The molecule has 3 unspecified atom stereocenters. The summed E-state index contributed by atoms with van der Waals surface area (Å²) in [6.45, 7) is 9.31. The molecule has 1 N–H and O–H groups in total. The van der Waals surface area contributed by atoms with Crippen molar-refractivity contribution in [3.05, 3.63) is 35.9 Å². The van der Waals surface area contributed by atoms with Crippen LogP contribution in [0.3, 0.4) is 0 Å². The fourth-order valence-corrected chi connectivity index (χ4v) is 2.90. The third kappa shape index (κ3) is 4.99. The van der Waals surface area contributed by atoms with Crippen molar-refractivity contribution in [1.29, 1.82) is 0 Å². The van der Waals surface area contributed by atoms with Gasteiger partial charge in [-0.05, 0) is 37.3 Å². The van der Waals surface area contributed by atoms with E-state index in [1.54, 1.807) is 0 Å². The van der Waals surface area contributed by atoms with Gasteiger partial charge in [-0.2, -0.15) is 0 Å². The first-order valence-electron chi connectivity index (χ1n) is 7.82. The Morgan fingerprint density at radius 1 is 1.00 bits per heavy atom. The number of likely N-dealkylation sites (N-methyl/N-ethyl adjacent to an activating group) is 1. The maximum atomic E-state index is 3.57. The molecule has 1 aromatic rings. The van der Waals surface area contributed by atoms with Crippen molar-refractivity contribution in [2.45, 2.75) is 58.9 Å². The summed E-state index contributed by atoms with van der Waals surface area (Å²) in [4.78, 5) is 0. The highest BCUT2D eigenvalue weighted by atomic mass is 14.9. The lowest BCUT2D eigenvalue weighted by Gasteiger charge is -2.32. The average molecular weight is 261 g/mol. The van der Waals surface area contributed by atoms with Gasteiger partial charge in [0.15, 0.2) is 0 Å². The molecule has 0 bridgehead atoms. The molecule has 0 aliphatic rings. The number of hydrogen-bond acceptors (Lipinski definition) is 1. The molecule has 1 rings (SSSR count). The average Bonchev–Trinajstić information content (AvgIpc) is 2.43.